The van der Waals surface area contributed by atoms with Crippen LogP contribution in [-0.2, 0) is 11.3 Å². The van der Waals surface area contributed by atoms with Gasteiger partial charge in [0.05, 0.1) is 25.3 Å². The highest BCUT2D eigenvalue weighted by atomic mass is 35.5. The van der Waals surface area contributed by atoms with Gasteiger partial charge in [-0.2, -0.15) is 0 Å². The van der Waals surface area contributed by atoms with Crippen LogP contribution < -0.4 is 15.4 Å². The molecule has 3 aromatic carbocycles. The van der Waals surface area contributed by atoms with Crippen LogP contribution in [0.4, 0.5) is 15.9 Å². The summed E-state index contributed by atoms with van der Waals surface area (Å²) in [6, 6.07) is 21.4. The average molecular weight is 507 g/mol. The lowest BCUT2D eigenvalue weighted by molar-refractivity contribution is 0.0595. The Balaban J connectivity index is 1.80. The number of nitrogens with one attached hydrogen (secondary N) is 2. The molecule has 1 heterocycles. The third kappa shape index (κ3) is 5.39. The van der Waals surface area contributed by atoms with Crippen molar-refractivity contribution >= 4 is 29.1 Å². The Kier molecular flexibility index (Phi) is 7.97. The van der Waals surface area contributed by atoms with Gasteiger partial charge in [-0.05, 0) is 17.2 Å². The third-order valence-corrected chi connectivity index (χ3v) is 5.84. The van der Waals surface area contributed by atoms with Crippen molar-refractivity contribution in [3.05, 3.63) is 112 Å². The first-order valence-electron chi connectivity index (χ1n) is 11.1. The van der Waals surface area contributed by atoms with Gasteiger partial charge in [0.2, 0.25) is 0 Å². The van der Waals surface area contributed by atoms with Crippen LogP contribution in [0.5, 0.6) is 5.75 Å². The topological polar surface area (TPSA) is 85.4 Å². The van der Waals surface area contributed by atoms with Crippen molar-refractivity contribution in [2.24, 2.45) is 0 Å². The quantitative estimate of drug-likeness (QED) is 0.274. The van der Waals surface area contributed by atoms with Gasteiger partial charge in [-0.1, -0.05) is 78.3 Å². The van der Waals surface area contributed by atoms with Crippen molar-refractivity contribution in [3.63, 3.8) is 0 Å². The molecule has 0 aliphatic heterocycles. The van der Waals surface area contributed by atoms with E-state index in [2.05, 4.69) is 20.6 Å². The van der Waals surface area contributed by atoms with E-state index in [1.165, 1.54) is 20.5 Å². The minimum atomic E-state index is -0.699. The van der Waals surface area contributed by atoms with Crippen molar-refractivity contribution in [3.8, 4) is 5.75 Å². The van der Waals surface area contributed by atoms with E-state index < -0.39 is 17.8 Å². The molecule has 0 bridgehead atoms. The van der Waals surface area contributed by atoms with Crippen molar-refractivity contribution in [1.82, 2.24) is 9.97 Å². The zero-order valence-corrected chi connectivity index (χ0v) is 20.4. The van der Waals surface area contributed by atoms with Crippen LogP contribution in [0.25, 0.3) is 0 Å². The van der Waals surface area contributed by atoms with Crippen LogP contribution in [-0.4, -0.2) is 30.2 Å². The van der Waals surface area contributed by atoms with E-state index in [4.69, 9.17) is 21.1 Å². The molecule has 1 unspecified atom stereocenters. The monoisotopic (exact) mass is 506 g/mol. The van der Waals surface area contributed by atoms with E-state index in [-0.39, 0.29) is 22.0 Å². The summed E-state index contributed by atoms with van der Waals surface area (Å²) in [7, 11) is 2.64. The Morgan fingerprint density at radius 3 is 2.36 bits per heavy atom. The van der Waals surface area contributed by atoms with E-state index in [1.807, 2.05) is 60.7 Å². The molecule has 0 aliphatic rings. The molecule has 0 saturated heterocycles. The molecule has 9 heteroatoms. The normalized spacial score (nSPS) is 11.4. The molecule has 0 radical (unpaired) electrons. The average Bonchev–Trinajstić information content (AvgIpc) is 2.92. The van der Waals surface area contributed by atoms with E-state index in [0.717, 1.165) is 11.1 Å². The smallest absolute Gasteiger partial charge is 0.359 e. The summed E-state index contributed by atoms with van der Waals surface area (Å²) in [5, 5.41) is 6.69. The first kappa shape index (κ1) is 24.9. The summed E-state index contributed by atoms with van der Waals surface area (Å²) in [5.41, 5.74) is 2.40. The molecule has 4 rings (SSSR count). The van der Waals surface area contributed by atoms with E-state index in [9.17, 15) is 4.79 Å². The first-order chi connectivity index (χ1) is 17.5. The van der Waals surface area contributed by atoms with Crippen LogP contribution >= 0.6 is 11.6 Å². The Morgan fingerprint density at radius 2 is 1.69 bits per heavy atom. The van der Waals surface area contributed by atoms with Gasteiger partial charge in [-0.15, -0.1) is 0 Å². The van der Waals surface area contributed by atoms with Gasteiger partial charge in [0.1, 0.15) is 12.0 Å². The molecule has 2 N–H and O–H groups in total. The first-order valence-corrected chi connectivity index (χ1v) is 11.5. The molecular weight excluding hydrogens is 483 g/mol. The van der Waals surface area contributed by atoms with Crippen LogP contribution in [0.1, 0.15) is 33.2 Å². The van der Waals surface area contributed by atoms with Gasteiger partial charge in [-0.3, -0.25) is 0 Å². The van der Waals surface area contributed by atoms with Gasteiger partial charge in [0.25, 0.3) is 0 Å². The highest BCUT2D eigenvalue weighted by molar-refractivity contribution is 6.32. The molecular formula is C27H24ClFN4O3. The summed E-state index contributed by atoms with van der Waals surface area (Å²) in [6.07, 6.45) is 1.25. The number of carbonyl (C=O) groups excluding carboxylic acids is 1. The van der Waals surface area contributed by atoms with Crippen LogP contribution in [0.2, 0.25) is 5.02 Å². The fourth-order valence-corrected chi connectivity index (χ4v) is 4.00. The fraction of sp³-hybridized carbons (Fsp3) is 0.148. The molecule has 0 aliphatic carbocycles. The van der Waals surface area contributed by atoms with Crippen molar-refractivity contribution in [1.29, 1.82) is 0 Å². The van der Waals surface area contributed by atoms with Crippen LogP contribution in [0.3, 0.4) is 0 Å². The summed E-state index contributed by atoms with van der Waals surface area (Å²) in [6.45, 7) is 0.395. The number of aromatic nitrogens is 2. The molecule has 0 saturated carbocycles. The van der Waals surface area contributed by atoms with Crippen LogP contribution in [0, 0.1) is 5.82 Å². The largest absolute Gasteiger partial charge is 0.492 e. The number of rotatable bonds is 9. The van der Waals surface area contributed by atoms with Gasteiger partial charge < -0.3 is 20.1 Å². The Bertz CT molecular complexity index is 1340. The van der Waals surface area contributed by atoms with Gasteiger partial charge in [0, 0.05) is 12.1 Å². The molecule has 0 amide bonds. The maximum Gasteiger partial charge on any atom is 0.359 e. The van der Waals surface area contributed by atoms with Crippen molar-refractivity contribution < 1.29 is 18.7 Å². The highest BCUT2D eigenvalue weighted by Crippen LogP contribution is 2.37. The maximum absolute atomic E-state index is 15.5. The van der Waals surface area contributed by atoms with Crippen molar-refractivity contribution in [2.45, 2.75) is 12.6 Å². The summed E-state index contributed by atoms with van der Waals surface area (Å²) in [4.78, 5) is 21.0. The Morgan fingerprint density at radius 1 is 1.00 bits per heavy atom. The minimum absolute atomic E-state index is 0.0481. The second-order valence-corrected chi connectivity index (χ2v) is 8.16. The second-order valence-electron chi connectivity index (χ2n) is 7.75. The maximum atomic E-state index is 15.5. The molecule has 1 aromatic heterocycles. The summed E-state index contributed by atoms with van der Waals surface area (Å²) in [5.74, 6) is -1.00. The fourth-order valence-electron chi connectivity index (χ4n) is 3.78. The zero-order chi connectivity index (χ0) is 25.5. The molecule has 0 fully saturated rings. The number of hydrogen-bond donors (Lipinski definition) is 2. The summed E-state index contributed by atoms with van der Waals surface area (Å²) >= 11 is 6.14. The predicted molar refractivity (Wildman–Crippen MR) is 137 cm³/mol. The third-order valence-electron chi connectivity index (χ3n) is 5.55. The standard InChI is InChI=1S/C27H24ClFN4O3/c1-35-25-20(28)14-13-19(21(25)29)22(18-11-7-4-8-12-18)33-26-23(24(27(34)36-2)31-16-32-26)30-15-17-9-5-3-6-10-17/h3-14,16,22,30H,15H2,1-2H3,(H,31,32,33). The van der Waals surface area contributed by atoms with E-state index in [1.54, 1.807) is 12.1 Å². The lowest BCUT2D eigenvalue weighted by Gasteiger charge is -2.24. The number of hydrogen-bond acceptors (Lipinski definition) is 7. The van der Waals surface area contributed by atoms with E-state index in [0.29, 0.717) is 18.1 Å². The number of esters is 1. The SMILES string of the molecule is COC(=O)c1ncnc(NC(c2ccccc2)c2ccc(Cl)c(OC)c2F)c1NCc1ccccc1. The van der Waals surface area contributed by atoms with Gasteiger partial charge in [-0.25, -0.2) is 19.2 Å². The number of nitrogens with zero attached hydrogens (tertiary/aromatic N) is 2. The number of methoxy groups -OCH3 is 2. The predicted octanol–water partition coefficient (Wildman–Crippen LogP) is 5.88. The molecule has 4 aromatic rings. The van der Waals surface area contributed by atoms with Gasteiger partial charge >= 0.3 is 5.97 Å². The van der Waals surface area contributed by atoms with Gasteiger partial charge in [0.15, 0.2) is 23.1 Å². The number of ether oxygens (including phenoxy) is 2. The Hall–Kier alpha value is -4.17. The number of halogens is 2. The summed E-state index contributed by atoms with van der Waals surface area (Å²) < 4.78 is 25.7. The Labute approximate surface area is 213 Å². The molecule has 7 nitrogen and oxygen atoms in total. The molecule has 184 valence electrons. The molecule has 0 spiro atoms. The lowest BCUT2D eigenvalue weighted by atomic mass is 9.97. The number of anilines is 2. The molecule has 1 atom stereocenters. The highest BCUT2D eigenvalue weighted by Gasteiger charge is 2.26. The van der Waals surface area contributed by atoms with Crippen molar-refractivity contribution in [2.75, 3.05) is 24.9 Å². The molecule has 36 heavy (non-hydrogen) atoms. The van der Waals surface area contributed by atoms with E-state index >= 15 is 4.39 Å². The number of carbonyl (C=O) groups is 1. The minimum Gasteiger partial charge on any atom is -0.492 e. The van der Waals surface area contributed by atoms with Crippen LogP contribution in [0.15, 0.2) is 79.1 Å². The lowest BCUT2D eigenvalue weighted by Crippen LogP contribution is -2.19. The number of benzene rings is 3. The second kappa shape index (κ2) is 11.5. The zero-order valence-electron chi connectivity index (χ0n) is 19.7.